The molecule has 0 saturated heterocycles. The highest BCUT2D eigenvalue weighted by Gasteiger charge is 2.18. The Morgan fingerprint density at radius 2 is 1.84 bits per heavy atom. The molecule has 5 nitrogen and oxygen atoms in total. The van der Waals surface area contributed by atoms with Crippen LogP contribution in [-0.4, -0.2) is 16.4 Å². The van der Waals surface area contributed by atoms with Gasteiger partial charge in [-0.1, -0.05) is 37.3 Å². The zero-order valence-electron chi connectivity index (χ0n) is 13.8. The Labute approximate surface area is 144 Å². The second-order valence-corrected chi connectivity index (χ2v) is 6.17. The number of nitrogens with two attached hydrogens (primary N) is 1. The normalized spacial score (nSPS) is 15.5. The van der Waals surface area contributed by atoms with Crippen molar-refractivity contribution in [1.82, 2.24) is 10.2 Å². The van der Waals surface area contributed by atoms with E-state index in [-0.39, 0.29) is 11.5 Å². The molecule has 0 amide bonds. The van der Waals surface area contributed by atoms with Crippen LogP contribution in [0.25, 0.3) is 11.6 Å². The Kier molecular flexibility index (Phi) is 3.61. The van der Waals surface area contributed by atoms with Gasteiger partial charge in [0.2, 0.25) is 0 Å². The van der Waals surface area contributed by atoms with Crippen molar-refractivity contribution < 1.29 is 0 Å². The number of rotatable bonds is 3. The van der Waals surface area contributed by atoms with Gasteiger partial charge in [0.05, 0.1) is 16.9 Å². The third-order valence-electron chi connectivity index (χ3n) is 4.57. The lowest BCUT2D eigenvalue weighted by molar-refractivity contribution is 0.851. The second-order valence-electron chi connectivity index (χ2n) is 6.17. The Bertz CT molecular complexity index is 1040. The van der Waals surface area contributed by atoms with Gasteiger partial charge in [-0.15, -0.1) is 0 Å². The van der Waals surface area contributed by atoms with Gasteiger partial charge < -0.3 is 10.8 Å². The van der Waals surface area contributed by atoms with Crippen molar-refractivity contribution in [3.8, 4) is 0 Å². The number of benzene rings is 2. The molecule has 1 unspecified atom stereocenters. The van der Waals surface area contributed by atoms with Crippen molar-refractivity contribution in [3.05, 3.63) is 81.3 Å². The molecule has 124 valence electrons. The SMILES string of the molecule is CC(c1ccc(N)cc1)c1[nH][nH]c(=O)c1C=C1C=Nc2ccccc21. The molecule has 4 N–H and O–H groups in total. The number of aliphatic imine (C=N–C) groups is 1. The number of aromatic amines is 2. The molecular weight excluding hydrogens is 312 g/mol. The van der Waals surface area contributed by atoms with E-state index >= 15 is 0 Å². The lowest BCUT2D eigenvalue weighted by atomic mass is 9.94. The summed E-state index contributed by atoms with van der Waals surface area (Å²) in [6, 6.07) is 15.6. The van der Waals surface area contributed by atoms with E-state index in [1.807, 2.05) is 54.6 Å². The number of para-hydroxylation sites is 1. The fourth-order valence-corrected chi connectivity index (χ4v) is 3.13. The first-order valence-electron chi connectivity index (χ1n) is 8.14. The van der Waals surface area contributed by atoms with E-state index in [0.717, 1.165) is 33.8 Å². The Balaban J connectivity index is 1.77. The molecule has 0 fully saturated rings. The van der Waals surface area contributed by atoms with E-state index < -0.39 is 0 Å². The molecule has 1 aliphatic rings. The summed E-state index contributed by atoms with van der Waals surface area (Å²) in [5.74, 6) is 0.0278. The average Bonchev–Trinajstić information content (AvgIpc) is 3.20. The van der Waals surface area contributed by atoms with Gasteiger partial charge in [-0.25, -0.2) is 0 Å². The molecule has 1 aliphatic heterocycles. The summed E-state index contributed by atoms with van der Waals surface area (Å²) in [5, 5.41) is 5.73. The molecule has 3 aromatic rings. The lowest BCUT2D eigenvalue weighted by Gasteiger charge is -2.11. The van der Waals surface area contributed by atoms with Crippen LogP contribution in [0.15, 0.2) is 58.3 Å². The van der Waals surface area contributed by atoms with Crippen molar-refractivity contribution in [2.45, 2.75) is 12.8 Å². The average molecular weight is 330 g/mol. The molecule has 1 aromatic heterocycles. The van der Waals surface area contributed by atoms with Gasteiger partial charge in [-0.3, -0.25) is 14.9 Å². The van der Waals surface area contributed by atoms with Gasteiger partial charge >= 0.3 is 0 Å². The Morgan fingerprint density at radius 3 is 2.64 bits per heavy atom. The van der Waals surface area contributed by atoms with Crippen LogP contribution in [0.4, 0.5) is 11.4 Å². The van der Waals surface area contributed by atoms with Gasteiger partial charge in [-0.05, 0) is 29.8 Å². The lowest BCUT2D eigenvalue weighted by Crippen LogP contribution is -2.05. The maximum absolute atomic E-state index is 12.3. The van der Waals surface area contributed by atoms with Crippen LogP contribution in [0.3, 0.4) is 0 Å². The molecule has 0 radical (unpaired) electrons. The fourth-order valence-electron chi connectivity index (χ4n) is 3.13. The molecule has 4 rings (SSSR count). The molecule has 0 aliphatic carbocycles. The summed E-state index contributed by atoms with van der Waals surface area (Å²) in [5.41, 5.74) is 11.8. The number of nitrogens with one attached hydrogen (secondary N) is 2. The molecule has 0 bridgehead atoms. The van der Waals surface area contributed by atoms with E-state index in [0.29, 0.717) is 5.56 Å². The molecule has 0 spiro atoms. The van der Waals surface area contributed by atoms with Crippen LogP contribution < -0.4 is 11.3 Å². The van der Waals surface area contributed by atoms with Crippen LogP contribution in [0.1, 0.15) is 35.2 Å². The van der Waals surface area contributed by atoms with E-state index in [4.69, 9.17) is 5.73 Å². The van der Waals surface area contributed by atoms with Crippen LogP contribution in [0, 0.1) is 0 Å². The topological polar surface area (TPSA) is 87.0 Å². The number of hydrogen-bond donors (Lipinski definition) is 3. The first-order chi connectivity index (χ1) is 12.1. The maximum atomic E-state index is 12.3. The van der Waals surface area contributed by atoms with E-state index in [1.165, 1.54) is 0 Å². The number of nitrogens with zero attached hydrogens (tertiary/aromatic N) is 1. The summed E-state index contributed by atoms with van der Waals surface area (Å²) in [6.07, 6.45) is 3.70. The number of hydrogen-bond acceptors (Lipinski definition) is 3. The zero-order valence-corrected chi connectivity index (χ0v) is 13.8. The molecule has 1 atom stereocenters. The minimum absolute atomic E-state index is 0.0278. The molecule has 25 heavy (non-hydrogen) atoms. The van der Waals surface area contributed by atoms with Crippen molar-refractivity contribution in [3.63, 3.8) is 0 Å². The second kappa shape index (κ2) is 5.94. The molecule has 2 heterocycles. The maximum Gasteiger partial charge on any atom is 0.271 e. The third-order valence-corrected chi connectivity index (χ3v) is 4.57. The Hall–Kier alpha value is -3.34. The monoisotopic (exact) mass is 330 g/mol. The smallest absolute Gasteiger partial charge is 0.271 e. The number of nitrogen functional groups attached to an aromatic ring is 1. The standard InChI is InChI=1S/C20H18N4O/c1-12(13-6-8-15(21)9-7-13)19-17(20(25)24-23-19)10-14-11-22-18-5-3-2-4-16(14)18/h2-12H,21H2,1H3,(H2,23,24,25). The van der Waals surface area contributed by atoms with E-state index in [1.54, 1.807) is 6.21 Å². The largest absolute Gasteiger partial charge is 0.399 e. The number of anilines is 1. The van der Waals surface area contributed by atoms with E-state index in [9.17, 15) is 4.79 Å². The number of fused-ring (bicyclic) bond motifs is 1. The third kappa shape index (κ3) is 2.70. The zero-order chi connectivity index (χ0) is 17.4. The van der Waals surface area contributed by atoms with Crippen molar-refractivity contribution >= 4 is 29.2 Å². The van der Waals surface area contributed by atoms with Crippen molar-refractivity contribution in [2.24, 2.45) is 4.99 Å². The highest BCUT2D eigenvalue weighted by Crippen LogP contribution is 2.33. The van der Waals surface area contributed by atoms with Crippen molar-refractivity contribution in [2.75, 3.05) is 5.73 Å². The molecule has 0 saturated carbocycles. The predicted octanol–water partition coefficient (Wildman–Crippen LogP) is 3.69. The first-order valence-corrected chi connectivity index (χ1v) is 8.14. The van der Waals surface area contributed by atoms with Crippen LogP contribution in [0.5, 0.6) is 0 Å². The van der Waals surface area contributed by atoms with Crippen LogP contribution in [0.2, 0.25) is 0 Å². The van der Waals surface area contributed by atoms with Gasteiger partial charge in [-0.2, -0.15) is 0 Å². The van der Waals surface area contributed by atoms with Gasteiger partial charge in [0.1, 0.15) is 0 Å². The molecule has 2 aromatic carbocycles. The number of H-pyrrole nitrogens is 2. The van der Waals surface area contributed by atoms with Gasteiger partial charge in [0.15, 0.2) is 0 Å². The first kappa shape index (κ1) is 15.2. The quantitative estimate of drug-likeness (QED) is 0.640. The summed E-state index contributed by atoms with van der Waals surface area (Å²) in [4.78, 5) is 16.7. The van der Waals surface area contributed by atoms with Gasteiger partial charge in [0, 0.05) is 29.0 Å². The summed E-state index contributed by atoms with van der Waals surface area (Å²) < 4.78 is 0. The summed E-state index contributed by atoms with van der Waals surface area (Å²) in [7, 11) is 0. The van der Waals surface area contributed by atoms with Crippen molar-refractivity contribution in [1.29, 1.82) is 0 Å². The highest BCUT2D eigenvalue weighted by molar-refractivity contribution is 6.21. The molecular formula is C20H18N4O. The van der Waals surface area contributed by atoms with Gasteiger partial charge in [0.25, 0.3) is 5.56 Å². The van der Waals surface area contributed by atoms with E-state index in [2.05, 4.69) is 22.1 Å². The van der Waals surface area contributed by atoms with Crippen LogP contribution in [-0.2, 0) is 0 Å². The minimum Gasteiger partial charge on any atom is -0.399 e. The fraction of sp³-hybridized carbons (Fsp3) is 0.100. The molecule has 5 heteroatoms. The number of aromatic nitrogens is 2. The minimum atomic E-state index is -0.137. The number of allylic oxidation sites excluding steroid dienone is 1. The Morgan fingerprint density at radius 1 is 1.08 bits per heavy atom. The predicted molar refractivity (Wildman–Crippen MR) is 102 cm³/mol. The summed E-state index contributed by atoms with van der Waals surface area (Å²) >= 11 is 0. The van der Waals surface area contributed by atoms with Crippen LogP contribution >= 0.6 is 0 Å². The summed E-state index contributed by atoms with van der Waals surface area (Å²) in [6.45, 7) is 2.06. The highest BCUT2D eigenvalue weighted by atomic mass is 16.1.